The number of carbonyl (C=O) groups excluding carboxylic acids is 2. The van der Waals surface area contributed by atoms with Gasteiger partial charge in [-0.2, -0.15) is 0 Å². The summed E-state index contributed by atoms with van der Waals surface area (Å²) in [6, 6.07) is 12.2. The predicted molar refractivity (Wildman–Crippen MR) is 107 cm³/mol. The molecule has 0 radical (unpaired) electrons. The van der Waals surface area contributed by atoms with Crippen molar-refractivity contribution in [2.24, 2.45) is 0 Å². The highest BCUT2D eigenvalue weighted by Gasteiger charge is 2.46. The van der Waals surface area contributed by atoms with Crippen LogP contribution in [0.4, 0.5) is 0 Å². The number of benzene rings is 2. The van der Waals surface area contributed by atoms with Crippen molar-refractivity contribution in [1.82, 2.24) is 4.90 Å². The average molecular weight is 465 g/mol. The van der Waals surface area contributed by atoms with E-state index < -0.39 is 23.7 Å². The smallest absolute Gasteiger partial charge is 0.305 e. The van der Waals surface area contributed by atoms with Crippen LogP contribution in [-0.2, 0) is 14.4 Å². The summed E-state index contributed by atoms with van der Waals surface area (Å²) in [6.45, 7) is -0.155. The molecular weight excluding hydrogens is 450 g/mol. The molecule has 6 nitrogen and oxygen atoms in total. The number of aliphatic carboxylic acids is 1. The van der Waals surface area contributed by atoms with E-state index in [1.54, 1.807) is 48.5 Å². The van der Waals surface area contributed by atoms with Gasteiger partial charge in [0.1, 0.15) is 5.76 Å². The lowest BCUT2D eigenvalue weighted by atomic mass is 9.95. The number of carboxylic acids is 1. The van der Waals surface area contributed by atoms with Gasteiger partial charge in [0.2, 0.25) is 0 Å². The Morgan fingerprint density at radius 1 is 1.04 bits per heavy atom. The minimum Gasteiger partial charge on any atom is -0.507 e. The lowest BCUT2D eigenvalue weighted by molar-refractivity contribution is -0.142. The van der Waals surface area contributed by atoms with E-state index in [0.717, 1.165) is 4.47 Å². The van der Waals surface area contributed by atoms with Gasteiger partial charge in [0.15, 0.2) is 0 Å². The van der Waals surface area contributed by atoms with E-state index in [2.05, 4.69) is 15.9 Å². The molecule has 1 atom stereocenters. The highest BCUT2D eigenvalue weighted by molar-refractivity contribution is 9.10. The number of halogens is 2. The summed E-state index contributed by atoms with van der Waals surface area (Å²) in [5.41, 5.74) is 0.839. The molecule has 1 fully saturated rings. The number of amides is 1. The van der Waals surface area contributed by atoms with E-state index >= 15 is 0 Å². The number of hydrogen-bond donors (Lipinski definition) is 2. The van der Waals surface area contributed by atoms with Crippen LogP contribution in [0.5, 0.6) is 0 Å². The lowest BCUT2D eigenvalue weighted by Gasteiger charge is -2.24. The fourth-order valence-corrected chi connectivity index (χ4v) is 3.47. The molecule has 144 valence electrons. The highest BCUT2D eigenvalue weighted by Crippen LogP contribution is 2.39. The Bertz CT molecular complexity index is 969. The third-order valence-electron chi connectivity index (χ3n) is 4.41. The van der Waals surface area contributed by atoms with Crippen molar-refractivity contribution in [3.8, 4) is 0 Å². The van der Waals surface area contributed by atoms with Crippen LogP contribution in [0.1, 0.15) is 23.6 Å². The topological polar surface area (TPSA) is 94.9 Å². The van der Waals surface area contributed by atoms with Gasteiger partial charge in [-0.3, -0.25) is 14.4 Å². The molecule has 28 heavy (non-hydrogen) atoms. The number of aliphatic hydroxyl groups is 1. The maximum Gasteiger partial charge on any atom is 0.305 e. The van der Waals surface area contributed by atoms with Gasteiger partial charge >= 0.3 is 5.97 Å². The second-order valence-electron chi connectivity index (χ2n) is 6.19. The Balaban J connectivity index is 2.14. The Morgan fingerprint density at radius 3 is 2.21 bits per heavy atom. The zero-order valence-corrected chi connectivity index (χ0v) is 16.8. The molecule has 1 saturated heterocycles. The van der Waals surface area contributed by atoms with Crippen LogP contribution in [0.25, 0.3) is 5.76 Å². The van der Waals surface area contributed by atoms with Gasteiger partial charge in [0, 0.05) is 21.6 Å². The fourth-order valence-electron chi connectivity index (χ4n) is 3.08. The Labute approximate surface area is 174 Å². The van der Waals surface area contributed by atoms with E-state index in [4.69, 9.17) is 16.7 Å². The van der Waals surface area contributed by atoms with Crippen molar-refractivity contribution >= 4 is 50.9 Å². The van der Waals surface area contributed by atoms with E-state index in [-0.39, 0.29) is 24.3 Å². The SMILES string of the molecule is O=C(O)CCN1C(=O)C(=O)/C(=C(/O)c2ccc(Cl)cc2)[C@H]1c1ccc(Br)cc1. The van der Waals surface area contributed by atoms with Crippen LogP contribution in [0.15, 0.2) is 58.6 Å². The molecule has 0 aromatic heterocycles. The first-order chi connectivity index (χ1) is 13.3. The van der Waals surface area contributed by atoms with Crippen LogP contribution in [-0.4, -0.2) is 39.3 Å². The molecule has 0 unspecified atom stereocenters. The molecule has 3 rings (SSSR count). The summed E-state index contributed by atoms with van der Waals surface area (Å²) < 4.78 is 0.802. The summed E-state index contributed by atoms with van der Waals surface area (Å²) in [4.78, 5) is 37.5. The molecule has 2 aromatic carbocycles. The Kier molecular flexibility index (Phi) is 5.86. The van der Waals surface area contributed by atoms with Crippen molar-refractivity contribution in [3.63, 3.8) is 0 Å². The lowest BCUT2D eigenvalue weighted by Crippen LogP contribution is -2.31. The third-order valence-corrected chi connectivity index (χ3v) is 5.19. The molecule has 8 heteroatoms. The molecule has 0 spiro atoms. The zero-order valence-electron chi connectivity index (χ0n) is 14.4. The number of ketones is 1. The molecule has 0 saturated carbocycles. The zero-order chi connectivity index (χ0) is 20.4. The Hall–Kier alpha value is -2.64. The minimum atomic E-state index is -1.09. The summed E-state index contributed by atoms with van der Waals surface area (Å²) in [6.07, 6.45) is -0.318. The molecule has 1 aliphatic rings. The van der Waals surface area contributed by atoms with Crippen molar-refractivity contribution < 1.29 is 24.6 Å². The minimum absolute atomic E-state index is 0.0833. The van der Waals surface area contributed by atoms with Gasteiger partial charge in [-0.15, -0.1) is 0 Å². The normalized spacial score (nSPS) is 18.5. The van der Waals surface area contributed by atoms with Gasteiger partial charge in [0.05, 0.1) is 18.0 Å². The maximum atomic E-state index is 12.7. The molecule has 0 bridgehead atoms. The van der Waals surface area contributed by atoms with Crippen molar-refractivity contribution in [2.75, 3.05) is 6.54 Å². The maximum absolute atomic E-state index is 12.7. The van der Waals surface area contributed by atoms with Crippen LogP contribution in [0.3, 0.4) is 0 Å². The first kappa shape index (κ1) is 20.1. The molecule has 2 N–H and O–H groups in total. The summed E-state index contributed by atoms with van der Waals surface area (Å²) in [5, 5.41) is 20.2. The molecule has 0 aliphatic carbocycles. The number of aliphatic hydroxyl groups excluding tert-OH is 1. The molecule has 1 amide bonds. The van der Waals surface area contributed by atoms with E-state index in [0.29, 0.717) is 16.1 Å². The van der Waals surface area contributed by atoms with Gasteiger partial charge < -0.3 is 15.1 Å². The molecule has 1 heterocycles. The van der Waals surface area contributed by atoms with Crippen LogP contribution in [0, 0.1) is 0 Å². The Morgan fingerprint density at radius 2 is 1.64 bits per heavy atom. The predicted octanol–water partition coefficient (Wildman–Crippen LogP) is 4.00. The largest absolute Gasteiger partial charge is 0.507 e. The van der Waals surface area contributed by atoms with Gasteiger partial charge in [-0.1, -0.05) is 39.7 Å². The van der Waals surface area contributed by atoms with Crippen LogP contribution in [0.2, 0.25) is 5.02 Å². The number of hydrogen-bond acceptors (Lipinski definition) is 4. The fraction of sp³-hybridized carbons (Fsp3) is 0.150. The van der Waals surface area contributed by atoms with E-state index in [9.17, 15) is 19.5 Å². The first-order valence-corrected chi connectivity index (χ1v) is 9.48. The third kappa shape index (κ3) is 3.95. The molecular formula is C20H15BrClNO5. The number of likely N-dealkylation sites (tertiary alicyclic amines) is 1. The van der Waals surface area contributed by atoms with Crippen LogP contribution < -0.4 is 0 Å². The van der Waals surface area contributed by atoms with Crippen molar-refractivity contribution in [1.29, 1.82) is 0 Å². The van der Waals surface area contributed by atoms with E-state index in [1.807, 2.05) is 0 Å². The molecule has 2 aromatic rings. The quantitative estimate of drug-likeness (QED) is 0.396. The van der Waals surface area contributed by atoms with Gasteiger partial charge in [0.25, 0.3) is 11.7 Å². The number of carboxylic acid groups (broad SMARTS) is 1. The molecule has 1 aliphatic heterocycles. The monoisotopic (exact) mass is 463 g/mol. The van der Waals surface area contributed by atoms with Crippen molar-refractivity contribution in [2.45, 2.75) is 12.5 Å². The standard InChI is InChI=1S/C20H15BrClNO5/c21-13-5-1-11(2-6-13)17-16(18(26)12-3-7-14(22)8-4-12)19(27)20(28)23(17)10-9-15(24)25/h1-8,17,26H,9-10H2,(H,24,25)/b18-16+/t17-/m1/s1. The highest BCUT2D eigenvalue weighted by atomic mass is 79.9. The van der Waals surface area contributed by atoms with Gasteiger partial charge in [-0.25, -0.2) is 0 Å². The average Bonchev–Trinajstić information content (AvgIpc) is 2.91. The second-order valence-corrected chi connectivity index (χ2v) is 7.55. The second kappa shape index (κ2) is 8.16. The number of nitrogens with zero attached hydrogens (tertiary/aromatic N) is 1. The van der Waals surface area contributed by atoms with E-state index in [1.165, 1.54) is 4.90 Å². The van der Waals surface area contributed by atoms with Crippen LogP contribution >= 0.6 is 27.5 Å². The summed E-state index contributed by atoms with van der Waals surface area (Å²) >= 11 is 9.21. The summed E-state index contributed by atoms with van der Waals surface area (Å²) in [5.74, 6) is -3.12. The van der Waals surface area contributed by atoms with Gasteiger partial charge in [-0.05, 0) is 42.0 Å². The summed E-state index contributed by atoms with van der Waals surface area (Å²) in [7, 11) is 0. The van der Waals surface area contributed by atoms with Crippen molar-refractivity contribution in [3.05, 3.63) is 74.7 Å². The number of rotatable bonds is 5. The number of Topliss-reactive ketones (excluding diaryl/α,β-unsaturated/α-hetero) is 1. The number of carbonyl (C=O) groups is 3. The first-order valence-electron chi connectivity index (χ1n) is 8.31.